The second-order valence-electron chi connectivity index (χ2n) is 5.73. The van der Waals surface area contributed by atoms with Crippen LogP contribution in [0, 0.1) is 6.92 Å². The second-order valence-corrected chi connectivity index (χ2v) is 6.59. The van der Waals surface area contributed by atoms with Crippen LogP contribution in [0.5, 0.6) is 17.2 Å². The number of rotatable bonds is 7. The number of ether oxygens (including phenoxy) is 3. The van der Waals surface area contributed by atoms with E-state index >= 15 is 0 Å². The van der Waals surface area contributed by atoms with Gasteiger partial charge in [0.15, 0.2) is 11.5 Å². The summed E-state index contributed by atoms with van der Waals surface area (Å²) in [6.45, 7) is 2.07. The number of anilines is 1. The van der Waals surface area contributed by atoms with Crippen LogP contribution >= 0.6 is 11.3 Å². The number of benzene rings is 2. The Morgan fingerprint density at radius 3 is 2.26 bits per heavy atom. The van der Waals surface area contributed by atoms with Crippen molar-refractivity contribution in [3.05, 3.63) is 52.9 Å². The van der Waals surface area contributed by atoms with Crippen LogP contribution in [-0.4, -0.2) is 32.5 Å². The summed E-state index contributed by atoms with van der Waals surface area (Å²) in [4.78, 5) is 4.56. The fourth-order valence-corrected chi connectivity index (χ4v) is 3.19. The van der Waals surface area contributed by atoms with Crippen LogP contribution < -0.4 is 19.6 Å². The number of nitrogens with zero attached hydrogens (tertiary/aromatic N) is 2. The van der Waals surface area contributed by atoms with Gasteiger partial charge in [-0.2, -0.15) is 5.10 Å². The first kappa shape index (κ1) is 18.7. The van der Waals surface area contributed by atoms with Crippen LogP contribution in [0.3, 0.4) is 0 Å². The molecule has 0 aliphatic carbocycles. The monoisotopic (exact) mass is 383 g/mol. The van der Waals surface area contributed by atoms with Gasteiger partial charge in [0.25, 0.3) is 0 Å². The van der Waals surface area contributed by atoms with Gasteiger partial charge in [-0.25, -0.2) is 4.98 Å². The maximum atomic E-state index is 5.35. The van der Waals surface area contributed by atoms with Crippen molar-refractivity contribution in [3.63, 3.8) is 0 Å². The van der Waals surface area contributed by atoms with E-state index in [2.05, 4.69) is 46.7 Å². The molecule has 1 heterocycles. The molecule has 0 fully saturated rings. The molecule has 0 aliphatic rings. The van der Waals surface area contributed by atoms with E-state index < -0.39 is 0 Å². The van der Waals surface area contributed by atoms with E-state index in [9.17, 15) is 0 Å². The van der Waals surface area contributed by atoms with Crippen LogP contribution in [0.25, 0.3) is 11.3 Å². The fourth-order valence-electron chi connectivity index (χ4n) is 2.52. The number of aromatic nitrogens is 1. The molecule has 7 heteroatoms. The maximum Gasteiger partial charge on any atom is 0.203 e. The van der Waals surface area contributed by atoms with Gasteiger partial charge in [-0.15, -0.1) is 11.3 Å². The van der Waals surface area contributed by atoms with Crippen LogP contribution in [0.4, 0.5) is 5.13 Å². The Labute approximate surface area is 162 Å². The predicted octanol–water partition coefficient (Wildman–Crippen LogP) is 4.59. The first-order chi connectivity index (χ1) is 13.1. The Kier molecular flexibility index (Phi) is 5.93. The normalized spacial score (nSPS) is 10.8. The summed E-state index contributed by atoms with van der Waals surface area (Å²) in [7, 11) is 4.74. The summed E-state index contributed by atoms with van der Waals surface area (Å²) in [5.41, 5.74) is 7.00. The Morgan fingerprint density at radius 2 is 1.67 bits per heavy atom. The first-order valence-corrected chi connectivity index (χ1v) is 9.14. The molecule has 3 rings (SSSR count). The molecule has 0 radical (unpaired) electrons. The zero-order chi connectivity index (χ0) is 19.2. The molecule has 0 unspecified atom stereocenters. The third-order valence-corrected chi connectivity index (χ3v) is 4.66. The van der Waals surface area contributed by atoms with E-state index in [0.717, 1.165) is 16.8 Å². The van der Waals surface area contributed by atoms with Crippen molar-refractivity contribution < 1.29 is 14.2 Å². The minimum absolute atomic E-state index is 0.549. The molecule has 0 amide bonds. The van der Waals surface area contributed by atoms with Gasteiger partial charge in [-0.1, -0.05) is 29.8 Å². The molecule has 0 saturated heterocycles. The third kappa shape index (κ3) is 4.38. The van der Waals surface area contributed by atoms with Crippen molar-refractivity contribution in [1.82, 2.24) is 4.98 Å². The molecule has 3 aromatic rings. The molecule has 0 atom stereocenters. The summed E-state index contributed by atoms with van der Waals surface area (Å²) in [5, 5.41) is 6.98. The largest absolute Gasteiger partial charge is 0.493 e. The fraction of sp³-hybridized carbons (Fsp3) is 0.200. The second kappa shape index (κ2) is 8.55. The van der Waals surface area contributed by atoms with E-state index in [0.29, 0.717) is 22.4 Å². The number of hydrazone groups is 1. The molecular formula is C20H21N3O3S. The minimum Gasteiger partial charge on any atom is -0.493 e. The van der Waals surface area contributed by atoms with E-state index in [4.69, 9.17) is 14.2 Å². The van der Waals surface area contributed by atoms with Gasteiger partial charge in [0.1, 0.15) is 0 Å². The Morgan fingerprint density at radius 1 is 1.00 bits per heavy atom. The number of thiazole rings is 1. The third-order valence-electron chi connectivity index (χ3n) is 3.91. The molecule has 6 nitrogen and oxygen atoms in total. The van der Waals surface area contributed by atoms with E-state index in [1.165, 1.54) is 16.9 Å². The number of nitrogens with one attached hydrogen (secondary N) is 1. The van der Waals surface area contributed by atoms with Gasteiger partial charge in [0.2, 0.25) is 10.9 Å². The Bertz CT molecular complexity index is 911. The lowest BCUT2D eigenvalue weighted by atomic mass is 10.1. The van der Waals surface area contributed by atoms with Gasteiger partial charge in [0.05, 0.1) is 33.2 Å². The van der Waals surface area contributed by atoms with Gasteiger partial charge < -0.3 is 14.2 Å². The summed E-state index contributed by atoms with van der Waals surface area (Å²) < 4.78 is 16.0. The number of aryl methyl sites for hydroxylation is 1. The van der Waals surface area contributed by atoms with Gasteiger partial charge in [-0.3, -0.25) is 5.43 Å². The van der Waals surface area contributed by atoms with Crippen molar-refractivity contribution in [2.24, 2.45) is 5.10 Å². The highest BCUT2D eigenvalue weighted by Crippen LogP contribution is 2.37. The molecule has 0 bridgehead atoms. The zero-order valence-corrected chi connectivity index (χ0v) is 16.5. The summed E-state index contributed by atoms with van der Waals surface area (Å²) >= 11 is 1.50. The molecule has 140 valence electrons. The predicted molar refractivity (Wildman–Crippen MR) is 110 cm³/mol. The summed E-state index contributed by atoms with van der Waals surface area (Å²) in [6.07, 6.45) is 1.68. The lowest BCUT2D eigenvalue weighted by Crippen LogP contribution is -1.97. The van der Waals surface area contributed by atoms with Crippen molar-refractivity contribution in [2.45, 2.75) is 6.92 Å². The molecule has 2 aromatic carbocycles. The van der Waals surface area contributed by atoms with Gasteiger partial charge in [-0.05, 0) is 19.1 Å². The van der Waals surface area contributed by atoms with Crippen LogP contribution in [0.2, 0.25) is 0 Å². The highest BCUT2D eigenvalue weighted by Gasteiger charge is 2.12. The molecule has 0 aliphatic heterocycles. The number of hydrogen-bond donors (Lipinski definition) is 1. The van der Waals surface area contributed by atoms with Gasteiger partial charge in [0, 0.05) is 16.5 Å². The van der Waals surface area contributed by atoms with E-state index in [-0.39, 0.29) is 0 Å². The SMILES string of the molecule is COc1cc(/C=N\Nc2nc(-c3ccc(C)cc3)cs2)cc(OC)c1OC. The molecular weight excluding hydrogens is 362 g/mol. The Hall–Kier alpha value is -3.06. The summed E-state index contributed by atoms with van der Waals surface area (Å²) in [6, 6.07) is 11.9. The number of hydrogen-bond acceptors (Lipinski definition) is 7. The molecule has 0 saturated carbocycles. The zero-order valence-electron chi connectivity index (χ0n) is 15.6. The molecule has 0 spiro atoms. The summed E-state index contributed by atoms with van der Waals surface area (Å²) in [5.74, 6) is 1.70. The van der Waals surface area contributed by atoms with Crippen molar-refractivity contribution >= 4 is 22.7 Å². The maximum absolute atomic E-state index is 5.35. The number of methoxy groups -OCH3 is 3. The highest BCUT2D eigenvalue weighted by molar-refractivity contribution is 7.14. The average Bonchev–Trinajstić information content (AvgIpc) is 3.16. The minimum atomic E-state index is 0.549. The van der Waals surface area contributed by atoms with Crippen molar-refractivity contribution in [2.75, 3.05) is 26.8 Å². The lowest BCUT2D eigenvalue weighted by molar-refractivity contribution is 0.324. The molecule has 1 aromatic heterocycles. The van der Waals surface area contributed by atoms with Gasteiger partial charge >= 0.3 is 0 Å². The molecule has 1 N–H and O–H groups in total. The van der Waals surface area contributed by atoms with E-state index in [1.807, 2.05) is 17.5 Å². The average molecular weight is 383 g/mol. The van der Waals surface area contributed by atoms with Crippen molar-refractivity contribution in [3.8, 4) is 28.5 Å². The first-order valence-electron chi connectivity index (χ1n) is 8.26. The molecule has 27 heavy (non-hydrogen) atoms. The topological polar surface area (TPSA) is 65.0 Å². The standard InChI is InChI=1S/C20H21N3O3S/c1-13-5-7-15(8-6-13)16-12-27-20(22-16)23-21-11-14-9-17(24-2)19(26-4)18(10-14)25-3/h5-12H,1-4H3,(H,22,23)/b21-11-. The quantitative estimate of drug-likeness (QED) is 0.477. The lowest BCUT2D eigenvalue weighted by Gasteiger charge is -2.12. The van der Waals surface area contributed by atoms with Crippen LogP contribution in [-0.2, 0) is 0 Å². The van der Waals surface area contributed by atoms with Crippen LogP contribution in [0.1, 0.15) is 11.1 Å². The van der Waals surface area contributed by atoms with E-state index in [1.54, 1.807) is 27.5 Å². The van der Waals surface area contributed by atoms with Crippen molar-refractivity contribution in [1.29, 1.82) is 0 Å². The van der Waals surface area contributed by atoms with Crippen LogP contribution in [0.15, 0.2) is 46.9 Å². The Balaban J connectivity index is 1.73. The highest BCUT2D eigenvalue weighted by atomic mass is 32.1. The smallest absolute Gasteiger partial charge is 0.203 e.